The fourth-order valence-electron chi connectivity index (χ4n) is 1.94. The Labute approximate surface area is 111 Å². The molecule has 0 bridgehead atoms. The maximum absolute atomic E-state index is 4.61. The summed E-state index contributed by atoms with van der Waals surface area (Å²) in [6, 6.07) is 8.72. The highest BCUT2D eigenvalue weighted by Gasteiger charge is 2.28. The SMILES string of the molecule is CC(C)(C)c1ccc(C2=NC3C=NN=C3S2)cc1. The van der Waals surface area contributed by atoms with E-state index in [4.69, 9.17) is 0 Å². The van der Waals surface area contributed by atoms with E-state index in [9.17, 15) is 0 Å². The molecule has 0 radical (unpaired) electrons. The molecule has 0 saturated heterocycles. The summed E-state index contributed by atoms with van der Waals surface area (Å²) in [7, 11) is 0. The average molecular weight is 257 g/mol. The molecule has 92 valence electrons. The number of hydrogen-bond donors (Lipinski definition) is 0. The lowest BCUT2D eigenvalue weighted by Crippen LogP contribution is -2.10. The largest absolute Gasteiger partial charge is 0.261 e. The fraction of sp³-hybridized carbons (Fsp3) is 0.357. The fourth-order valence-corrected chi connectivity index (χ4v) is 2.88. The van der Waals surface area contributed by atoms with E-state index >= 15 is 0 Å². The summed E-state index contributed by atoms with van der Waals surface area (Å²) in [4.78, 5) is 4.61. The molecule has 1 atom stereocenters. The van der Waals surface area contributed by atoms with E-state index in [-0.39, 0.29) is 11.5 Å². The van der Waals surface area contributed by atoms with Gasteiger partial charge in [-0.1, -0.05) is 45.0 Å². The standard InChI is InChI=1S/C14H15N3S/c1-14(2,3)10-6-4-9(5-7-10)12-16-11-8-15-17-13(11)18-12/h4-8,11H,1-3H3. The van der Waals surface area contributed by atoms with E-state index in [1.165, 1.54) is 11.1 Å². The number of thioether (sulfide) groups is 1. The number of benzene rings is 1. The van der Waals surface area contributed by atoms with Crippen molar-refractivity contribution < 1.29 is 0 Å². The molecule has 4 heteroatoms. The van der Waals surface area contributed by atoms with Crippen LogP contribution >= 0.6 is 11.8 Å². The van der Waals surface area contributed by atoms with E-state index < -0.39 is 0 Å². The summed E-state index contributed by atoms with van der Waals surface area (Å²) < 4.78 is 0. The van der Waals surface area contributed by atoms with Gasteiger partial charge in [0, 0.05) is 5.56 Å². The summed E-state index contributed by atoms with van der Waals surface area (Å²) in [6.07, 6.45) is 1.79. The van der Waals surface area contributed by atoms with Crippen LogP contribution in [0, 0.1) is 0 Å². The maximum atomic E-state index is 4.61. The molecule has 0 amide bonds. The summed E-state index contributed by atoms with van der Waals surface area (Å²) in [5.41, 5.74) is 2.70. The lowest BCUT2D eigenvalue weighted by Gasteiger charge is -2.19. The summed E-state index contributed by atoms with van der Waals surface area (Å²) in [5.74, 6) is 0. The molecule has 1 aromatic carbocycles. The molecule has 0 aromatic heterocycles. The minimum absolute atomic E-state index is 0.0623. The highest BCUT2D eigenvalue weighted by molar-refractivity contribution is 8.27. The molecule has 2 aliphatic rings. The molecule has 0 N–H and O–H groups in total. The highest BCUT2D eigenvalue weighted by Crippen LogP contribution is 2.29. The molecule has 2 heterocycles. The van der Waals surface area contributed by atoms with Crippen LogP contribution in [0.5, 0.6) is 0 Å². The van der Waals surface area contributed by atoms with Crippen molar-refractivity contribution in [3.8, 4) is 0 Å². The number of nitrogens with zero attached hydrogens (tertiary/aromatic N) is 3. The third kappa shape index (κ3) is 2.01. The van der Waals surface area contributed by atoms with Gasteiger partial charge in [-0.25, -0.2) is 0 Å². The molecule has 3 rings (SSSR count). The lowest BCUT2D eigenvalue weighted by molar-refractivity contribution is 0.590. The Kier molecular flexibility index (Phi) is 2.63. The van der Waals surface area contributed by atoms with Gasteiger partial charge < -0.3 is 0 Å². The van der Waals surface area contributed by atoms with Gasteiger partial charge >= 0.3 is 0 Å². The Morgan fingerprint density at radius 2 is 1.83 bits per heavy atom. The van der Waals surface area contributed by atoms with Gasteiger partial charge in [0.05, 0.1) is 6.21 Å². The van der Waals surface area contributed by atoms with Crippen LogP contribution in [0.25, 0.3) is 0 Å². The second kappa shape index (κ2) is 4.05. The zero-order chi connectivity index (χ0) is 12.8. The van der Waals surface area contributed by atoms with E-state index in [1.807, 2.05) is 0 Å². The smallest absolute Gasteiger partial charge is 0.138 e. The van der Waals surface area contributed by atoms with E-state index in [1.54, 1.807) is 18.0 Å². The van der Waals surface area contributed by atoms with Crippen molar-refractivity contribution in [3.05, 3.63) is 35.4 Å². The van der Waals surface area contributed by atoms with Gasteiger partial charge in [-0.2, -0.15) is 5.10 Å². The molecular formula is C14H15N3S. The quantitative estimate of drug-likeness (QED) is 0.761. The first-order chi connectivity index (χ1) is 8.54. The molecule has 0 saturated carbocycles. The van der Waals surface area contributed by atoms with Crippen molar-refractivity contribution in [2.75, 3.05) is 0 Å². The number of rotatable bonds is 1. The van der Waals surface area contributed by atoms with Crippen molar-refractivity contribution in [1.29, 1.82) is 0 Å². The predicted molar refractivity (Wildman–Crippen MR) is 79.0 cm³/mol. The van der Waals surface area contributed by atoms with Crippen molar-refractivity contribution in [3.63, 3.8) is 0 Å². The molecule has 0 aliphatic carbocycles. The molecule has 0 fully saturated rings. The normalized spacial score (nSPS) is 21.8. The van der Waals surface area contributed by atoms with Gasteiger partial charge in [-0.05, 0) is 22.7 Å². The topological polar surface area (TPSA) is 37.1 Å². The number of fused-ring (bicyclic) bond motifs is 1. The van der Waals surface area contributed by atoms with Crippen LogP contribution < -0.4 is 0 Å². The number of hydrogen-bond acceptors (Lipinski definition) is 4. The van der Waals surface area contributed by atoms with Crippen LogP contribution in [0.3, 0.4) is 0 Å². The van der Waals surface area contributed by atoms with Gasteiger partial charge in [-0.3, -0.25) is 4.99 Å². The minimum atomic E-state index is 0.0623. The zero-order valence-electron chi connectivity index (χ0n) is 10.7. The zero-order valence-corrected chi connectivity index (χ0v) is 11.5. The monoisotopic (exact) mass is 257 g/mol. The highest BCUT2D eigenvalue weighted by atomic mass is 32.2. The van der Waals surface area contributed by atoms with Crippen LogP contribution in [0.15, 0.2) is 39.5 Å². The van der Waals surface area contributed by atoms with Crippen LogP contribution in [-0.4, -0.2) is 22.3 Å². The van der Waals surface area contributed by atoms with Gasteiger partial charge in [0.15, 0.2) is 0 Å². The van der Waals surface area contributed by atoms with Crippen molar-refractivity contribution >= 4 is 28.1 Å². The van der Waals surface area contributed by atoms with Crippen molar-refractivity contribution in [2.45, 2.75) is 32.2 Å². The third-order valence-electron chi connectivity index (χ3n) is 3.07. The van der Waals surface area contributed by atoms with Crippen molar-refractivity contribution in [1.82, 2.24) is 0 Å². The van der Waals surface area contributed by atoms with Crippen LogP contribution in [0.2, 0.25) is 0 Å². The predicted octanol–water partition coefficient (Wildman–Crippen LogP) is 3.24. The molecule has 1 aromatic rings. The van der Waals surface area contributed by atoms with Crippen LogP contribution in [-0.2, 0) is 5.41 Å². The van der Waals surface area contributed by atoms with Crippen molar-refractivity contribution in [2.24, 2.45) is 15.2 Å². The first-order valence-electron chi connectivity index (χ1n) is 6.02. The van der Waals surface area contributed by atoms with E-state index in [0.29, 0.717) is 0 Å². The Hall–Kier alpha value is -1.42. The lowest BCUT2D eigenvalue weighted by atomic mass is 9.87. The van der Waals surface area contributed by atoms with Crippen LogP contribution in [0.4, 0.5) is 0 Å². The van der Waals surface area contributed by atoms with Gasteiger partial charge in [0.2, 0.25) is 0 Å². The first kappa shape index (κ1) is 11.7. The Balaban J connectivity index is 1.87. The molecule has 18 heavy (non-hydrogen) atoms. The van der Waals surface area contributed by atoms with E-state index in [2.05, 4.69) is 60.2 Å². The Morgan fingerprint density at radius 1 is 1.11 bits per heavy atom. The molecule has 2 aliphatic heterocycles. The third-order valence-corrected chi connectivity index (χ3v) is 4.14. The molecular weight excluding hydrogens is 242 g/mol. The van der Waals surface area contributed by atoms with Crippen LogP contribution in [0.1, 0.15) is 31.9 Å². The Morgan fingerprint density at radius 3 is 2.44 bits per heavy atom. The maximum Gasteiger partial charge on any atom is 0.138 e. The van der Waals surface area contributed by atoms with Gasteiger partial charge in [0.1, 0.15) is 16.1 Å². The molecule has 1 unspecified atom stereocenters. The molecule has 3 nitrogen and oxygen atoms in total. The van der Waals surface area contributed by atoms with E-state index in [0.717, 1.165) is 10.1 Å². The Bertz CT molecular complexity index is 562. The summed E-state index contributed by atoms with van der Waals surface area (Å²) in [6.45, 7) is 6.66. The summed E-state index contributed by atoms with van der Waals surface area (Å²) >= 11 is 1.62. The minimum Gasteiger partial charge on any atom is -0.261 e. The molecule has 0 spiro atoms. The second-order valence-corrected chi connectivity index (χ2v) is 6.52. The first-order valence-corrected chi connectivity index (χ1v) is 6.83. The van der Waals surface area contributed by atoms with Gasteiger partial charge in [-0.15, -0.1) is 5.10 Å². The number of aliphatic imine (C=N–C) groups is 1. The second-order valence-electron chi connectivity index (χ2n) is 5.51. The average Bonchev–Trinajstić information content (AvgIpc) is 2.88. The van der Waals surface area contributed by atoms with Gasteiger partial charge in [0.25, 0.3) is 0 Å². The summed E-state index contributed by atoms with van der Waals surface area (Å²) in [5, 5.41) is 9.98.